The van der Waals surface area contributed by atoms with Crippen molar-refractivity contribution in [3.63, 3.8) is 0 Å². The molecule has 3 rings (SSSR count). The number of primary sulfonamides is 1. The number of rotatable bonds is 5. The highest BCUT2D eigenvalue weighted by atomic mass is 32.2. The second-order valence-electron chi connectivity index (χ2n) is 5.53. The molecule has 9 heteroatoms. The summed E-state index contributed by atoms with van der Waals surface area (Å²) < 4.78 is 22.6. The van der Waals surface area contributed by atoms with Gasteiger partial charge in [0.05, 0.1) is 15.6 Å². The highest BCUT2D eigenvalue weighted by molar-refractivity contribution is 7.89. The zero-order valence-corrected chi connectivity index (χ0v) is 14.5. The first kappa shape index (κ1) is 16.9. The van der Waals surface area contributed by atoms with Crippen molar-refractivity contribution in [2.45, 2.75) is 30.6 Å². The number of urea groups is 1. The number of thiazole rings is 1. The number of nitrogens with two attached hydrogens (primary N) is 1. The van der Waals surface area contributed by atoms with Gasteiger partial charge in [0.25, 0.3) is 0 Å². The van der Waals surface area contributed by atoms with E-state index in [1.165, 1.54) is 35.2 Å². The zero-order chi connectivity index (χ0) is 17.2. The van der Waals surface area contributed by atoms with Crippen molar-refractivity contribution in [3.8, 4) is 0 Å². The lowest BCUT2D eigenvalue weighted by Gasteiger charge is -2.08. The lowest BCUT2D eigenvalue weighted by Crippen LogP contribution is -2.30. The molecule has 0 unspecified atom stereocenters. The molecule has 2 aromatic rings. The third kappa shape index (κ3) is 4.11. The summed E-state index contributed by atoms with van der Waals surface area (Å²) in [4.78, 5) is 17.8. The average molecular weight is 366 g/mol. The third-order valence-corrected chi connectivity index (χ3v) is 5.81. The number of benzene rings is 1. The van der Waals surface area contributed by atoms with Gasteiger partial charge >= 0.3 is 6.03 Å². The van der Waals surface area contributed by atoms with Gasteiger partial charge in [-0.15, -0.1) is 11.3 Å². The van der Waals surface area contributed by atoms with Crippen LogP contribution in [0.15, 0.2) is 29.2 Å². The second-order valence-corrected chi connectivity index (χ2v) is 8.26. The van der Waals surface area contributed by atoms with E-state index in [1.54, 1.807) is 17.4 Å². The van der Waals surface area contributed by atoms with E-state index in [0.29, 0.717) is 18.7 Å². The summed E-state index contributed by atoms with van der Waals surface area (Å²) in [6, 6.07) is 5.41. The molecular formula is C15H18N4O3S2. The molecule has 2 amide bonds. The van der Waals surface area contributed by atoms with Crippen LogP contribution in [0.25, 0.3) is 0 Å². The third-order valence-electron chi connectivity index (χ3n) is 3.68. The van der Waals surface area contributed by atoms with Gasteiger partial charge < -0.3 is 10.6 Å². The van der Waals surface area contributed by atoms with Crippen LogP contribution >= 0.6 is 11.3 Å². The highest BCUT2D eigenvalue weighted by Gasteiger charge is 2.16. The SMILES string of the molecule is NS(=O)(=O)c1cccc(NC(=O)NCCc2nc3c(s2)CCC3)c1. The lowest BCUT2D eigenvalue weighted by molar-refractivity contribution is 0.252. The minimum atomic E-state index is -3.79. The average Bonchev–Trinajstić information content (AvgIpc) is 3.08. The van der Waals surface area contributed by atoms with Gasteiger partial charge in [0.15, 0.2) is 0 Å². The quantitative estimate of drug-likeness (QED) is 0.746. The Balaban J connectivity index is 1.50. The van der Waals surface area contributed by atoms with Gasteiger partial charge in [-0.2, -0.15) is 0 Å². The second kappa shape index (κ2) is 6.88. The number of carbonyl (C=O) groups excluding carboxylic acids is 1. The number of nitrogens with zero attached hydrogens (tertiary/aromatic N) is 1. The Morgan fingerprint density at radius 1 is 1.33 bits per heavy atom. The van der Waals surface area contributed by atoms with E-state index >= 15 is 0 Å². The first-order valence-corrected chi connectivity index (χ1v) is 9.93. The van der Waals surface area contributed by atoms with E-state index in [2.05, 4.69) is 15.6 Å². The summed E-state index contributed by atoms with van der Waals surface area (Å²) in [6.07, 6.45) is 4.04. The Bertz CT molecular complexity index is 840. The van der Waals surface area contributed by atoms with Crippen molar-refractivity contribution in [1.82, 2.24) is 10.3 Å². The first-order chi connectivity index (χ1) is 11.4. The number of nitrogens with one attached hydrogen (secondary N) is 2. The van der Waals surface area contributed by atoms with E-state index in [4.69, 9.17) is 5.14 Å². The van der Waals surface area contributed by atoms with Gasteiger partial charge in [0.1, 0.15) is 0 Å². The van der Waals surface area contributed by atoms with E-state index in [9.17, 15) is 13.2 Å². The minimum Gasteiger partial charge on any atom is -0.337 e. The van der Waals surface area contributed by atoms with Crippen LogP contribution in [0.3, 0.4) is 0 Å². The molecule has 4 N–H and O–H groups in total. The highest BCUT2D eigenvalue weighted by Crippen LogP contribution is 2.27. The maximum Gasteiger partial charge on any atom is 0.319 e. The summed E-state index contributed by atoms with van der Waals surface area (Å²) in [5.41, 5.74) is 1.58. The summed E-state index contributed by atoms with van der Waals surface area (Å²) in [6.45, 7) is 0.465. The van der Waals surface area contributed by atoms with Gasteiger partial charge in [-0.1, -0.05) is 6.07 Å². The van der Waals surface area contributed by atoms with Crippen LogP contribution in [-0.2, 0) is 29.3 Å². The van der Waals surface area contributed by atoms with Gasteiger partial charge in [-0.05, 0) is 37.5 Å². The number of fused-ring (bicyclic) bond motifs is 1. The summed E-state index contributed by atoms with van der Waals surface area (Å²) in [7, 11) is -3.79. The molecular weight excluding hydrogens is 348 g/mol. The fraction of sp³-hybridized carbons (Fsp3) is 0.333. The number of carbonyl (C=O) groups is 1. The van der Waals surface area contributed by atoms with E-state index in [-0.39, 0.29) is 4.90 Å². The fourth-order valence-electron chi connectivity index (χ4n) is 2.56. The molecule has 1 aliphatic carbocycles. The number of hydrogen-bond donors (Lipinski definition) is 3. The van der Waals surface area contributed by atoms with Crippen molar-refractivity contribution in [2.75, 3.05) is 11.9 Å². The minimum absolute atomic E-state index is 0.0439. The first-order valence-electron chi connectivity index (χ1n) is 7.57. The smallest absolute Gasteiger partial charge is 0.319 e. The summed E-state index contributed by atoms with van der Waals surface area (Å²) in [5, 5.41) is 11.4. The van der Waals surface area contributed by atoms with Crippen molar-refractivity contribution in [1.29, 1.82) is 0 Å². The predicted octanol–water partition coefficient (Wildman–Crippen LogP) is 1.64. The molecule has 0 atom stereocenters. The number of sulfonamides is 1. The van der Waals surface area contributed by atoms with Crippen LogP contribution in [0.2, 0.25) is 0 Å². The van der Waals surface area contributed by atoms with E-state index < -0.39 is 16.1 Å². The number of amides is 2. The van der Waals surface area contributed by atoms with Crippen molar-refractivity contribution < 1.29 is 13.2 Å². The van der Waals surface area contributed by atoms with Crippen LogP contribution < -0.4 is 15.8 Å². The summed E-state index contributed by atoms with van der Waals surface area (Å²) >= 11 is 1.72. The molecule has 1 aromatic heterocycles. The number of hydrogen-bond acceptors (Lipinski definition) is 5. The maximum atomic E-state index is 11.9. The Kier molecular flexibility index (Phi) is 4.83. The fourth-order valence-corrected chi connectivity index (χ4v) is 4.28. The molecule has 0 radical (unpaired) electrons. The summed E-state index contributed by atoms with van der Waals surface area (Å²) in [5.74, 6) is 0. The Labute approximate surface area is 144 Å². The Hall–Kier alpha value is -1.97. The largest absolute Gasteiger partial charge is 0.337 e. The molecule has 0 bridgehead atoms. The van der Waals surface area contributed by atoms with Crippen LogP contribution in [0.5, 0.6) is 0 Å². The van der Waals surface area contributed by atoms with E-state index in [0.717, 1.165) is 17.8 Å². The lowest BCUT2D eigenvalue weighted by atomic mass is 10.3. The Morgan fingerprint density at radius 2 is 2.17 bits per heavy atom. The molecule has 24 heavy (non-hydrogen) atoms. The molecule has 1 aliphatic rings. The molecule has 7 nitrogen and oxygen atoms in total. The maximum absolute atomic E-state index is 11.9. The molecule has 128 valence electrons. The van der Waals surface area contributed by atoms with Gasteiger partial charge in [0.2, 0.25) is 10.0 Å². The van der Waals surface area contributed by atoms with Crippen LogP contribution in [0.1, 0.15) is 22.0 Å². The topological polar surface area (TPSA) is 114 Å². The van der Waals surface area contributed by atoms with E-state index in [1.807, 2.05) is 0 Å². The molecule has 1 heterocycles. The Morgan fingerprint density at radius 3 is 2.92 bits per heavy atom. The normalized spacial score (nSPS) is 13.5. The van der Waals surface area contributed by atoms with Crippen LogP contribution in [0.4, 0.5) is 10.5 Å². The number of aryl methyl sites for hydroxylation is 2. The molecule has 0 spiro atoms. The molecule has 0 saturated heterocycles. The van der Waals surface area contributed by atoms with Gasteiger partial charge in [-0.25, -0.2) is 23.3 Å². The zero-order valence-electron chi connectivity index (χ0n) is 12.9. The van der Waals surface area contributed by atoms with Crippen molar-refractivity contribution in [3.05, 3.63) is 39.8 Å². The standard InChI is InChI=1S/C15H18N4O3S2/c16-24(21,22)11-4-1-3-10(9-11)18-15(20)17-8-7-14-19-12-5-2-6-13(12)23-14/h1,3-4,9H,2,5-8H2,(H2,16,21,22)(H2,17,18,20). The predicted molar refractivity (Wildman–Crippen MR) is 92.7 cm³/mol. The van der Waals surface area contributed by atoms with Gasteiger partial charge in [0, 0.05) is 23.5 Å². The van der Waals surface area contributed by atoms with Crippen LogP contribution in [0, 0.1) is 0 Å². The molecule has 1 aromatic carbocycles. The number of aromatic nitrogens is 1. The van der Waals surface area contributed by atoms with Crippen molar-refractivity contribution in [2.24, 2.45) is 5.14 Å². The van der Waals surface area contributed by atoms with Crippen molar-refractivity contribution >= 4 is 33.1 Å². The monoisotopic (exact) mass is 366 g/mol. The molecule has 0 saturated carbocycles. The van der Waals surface area contributed by atoms with Gasteiger partial charge in [-0.3, -0.25) is 0 Å². The molecule has 0 fully saturated rings. The van der Waals surface area contributed by atoms with Crippen LogP contribution in [-0.4, -0.2) is 26.0 Å². The molecule has 0 aliphatic heterocycles. The number of anilines is 1.